The van der Waals surface area contributed by atoms with Gasteiger partial charge in [-0.2, -0.15) is 0 Å². The zero-order chi connectivity index (χ0) is 22.9. The normalized spacial score (nSPS) is 10.9. The minimum Gasteiger partial charge on any atom is -0.351 e. The number of terminal acetylenes is 1. The van der Waals surface area contributed by atoms with E-state index in [9.17, 15) is 4.79 Å². The molecule has 3 heteroatoms. The lowest BCUT2D eigenvalue weighted by Crippen LogP contribution is -2.47. The molecule has 3 nitrogen and oxygen atoms in total. The average molecular weight is 431 g/mol. The molecule has 4 rings (SSSR count). The third-order valence-corrected chi connectivity index (χ3v) is 5.73. The van der Waals surface area contributed by atoms with Crippen LogP contribution < -0.4 is 10.6 Å². The number of hydrogen-bond acceptors (Lipinski definition) is 2. The molecule has 1 amide bonds. The number of carbonyl (C=O) groups excluding carboxylic acids is 1. The van der Waals surface area contributed by atoms with Gasteiger partial charge < -0.3 is 5.32 Å². The fraction of sp³-hybridized carbons (Fsp3) is 0.100. The van der Waals surface area contributed by atoms with Gasteiger partial charge in [0.05, 0.1) is 5.54 Å². The summed E-state index contributed by atoms with van der Waals surface area (Å²) in [6.45, 7) is 1.05. The molecule has 0 aliphatic rings. The highest BCUT2D eigenvalue weighted by molar-refractivity contribution is 5.94. The molecular formula is C30H26N2O. The van der Waals surface area contributed by atoms with Crippen molar-refractivity contribution in [2.75, 3.05) is 13.1 Å². The first kappa shape index (κ1) is 22.1. The molecule has 0 saturated heterocycles. The van der Waals surface area contributed by atoms with Gasteiger partial charge in [0, 0.05) is 24.2 Å². The van der Waals surface area contributed by atoms with E-state index in [4.69, 9.17) is 6.42 Å². The van der Waals surface area contributed by atoms with Gasteiger partial charge in [-0.05, 0) is 41.0 Å². The molecule has 0 unspecified atom stereocenters. The largest absolute Gasteiger partial charge is 0.351 e. The van der Waals surface area contributed by atoms with Crippen LogP contribution in [0.3, 0.4) is 0 Å². The van der Waals surface area contributed by atoms with Crippen LogP contribution in [0.2, 0.25) is 0 Å². The lowest BCUT2D eigenvalue weighted by Gasteiger charge is -2.37. The summed E-state index contributed by atoms with van der Waals surface area (Å²) < 4.78 is 0. The van der Waals surface area contributed by atoms with Crippen molar-refractivity contribution in [3.05, 3.63) is 143 Å². The first-order chi connectivity index (χ1) is 16.2. The highest BCUT2D eigenvalue weighted by atomic mass is 16.1. The molecule has 0 aromatic heterocycles. The van der Waals surface area contributed by atoms with Crippen LogP contribution in [0.15, 0.2) is 115 Å². The number of hydrogen-bond donors (Lipinski definition) is 2. The number of amides is 1. The van der Waals surface area contributed by atoms with Crippen LogP contribution in [0.25, 0.3) is 0 Å². The Morgan fingerprint density at radius 2 is 1.12 bits per heavy atom. The highest BCUT2D eigenvalue weighted by Crippen LogP contribution is 2.36. The molecule has 0 atom stereocenters. The number of nitrogens with one attached hydrogen (secondary N) is 2. The fourth-order valence-electron chi connectivity index (χ4n) is 4.12. The van der Waals surface area contributed by atoms with E-state index < -0.39 is 5.54 Å². The summed E-state index contributed by atoms with van der Waals surface area (Å²) in [5.41, 5.74) is 4.21. The van der Waals surface area contributed by atoms with Crippen LogP contribution in [-0.2, 0) is 5.54 Å². The van der Waals surface area contributed by atoms with Crippen LogP contribution in [-0.4, -0.2) is 19.0 Å². The standard InChI is InChI=1S/C30H26N2O/c1-2-24-18-20-25(21-19-24)29(33)31-22-23-32-30(26-12-6-3-7-13-26,27-14-8-4-9-15-27)28-16-10-5-11-17-28/h1,3-21,32H,22-23H2,(H,31,33). The predicted octanol–water partition coefficient (Wildman–Crippen LogP) is 4.98. The van der Waals surface area contributed by atoms with E-state index in [0.717, 1.165) is 22.3 Å². The van der Waals surface area contributed by atoms with Gasteiger partial charge >= 0.3 is 0 Å². The maximum atomic E-state index is 12.6. The van der Waals surface area contributed by atoms with Gasteiger partial charge in [0.25, 0.3) is 5.91 Å². The van der Waals surface area contributed by atoms with Gasteiger partial charge in [0.1, 0.15) is 0 Å². The van der Waals surface area contributed by atoms with Crippen molar-refractivity contribution in [2.24, 2.45) is 0 Å². The van der Waals surface area contributed by atoms with E-state index in [2.05, 4.69) is 89.4 Å². The minimum atomic E-state index is -0.553. The number of benzene rings is 4. The predicted molar refractivity (Wildman–Crippen MR) is 134 cm³/mol. The second kappa shape index (κ2) is 10.5. The molecule has 33 heavy (non-hydrogen) atoms. The lowest BCUT2D eigenvalue weighted by atomic mass is 9.77. The Labute approximate surface area is 195 Å². The molecule has 0 bridgehead atoms. The topological polar surface area (TPSA) is 41.1 Å². The molecule has 0 spiro atoms. The molecular weight excluding hydrogens is 404 g/mol. The van der Waals surface area contributed by atoms with Crippen molar-refractivity contribution in [1.82, 2.24) is 10.6 Å². The van der Waals surface area contributed by atoms with Crippen LogP contribution in [0.5, 0.6) is 0 Å². The maximum Gasteiger partial charge on any atom is 0.251 e. The summed E-state index contributed by atoms with van der Waals surface area (Å²) in [5.74, 6) is 2.45. The third kappa shape index (κ3) is 4.87. The monoisotopic (exact) mass is 430 g/mol. The third-order valence-electron chi connectivity index (χ3n) is 5.73. The molecule has 0 aliphatic carbocycles. The molecule has 2 N–H and O–H groups in total. The summed E-state index contributed by atoms with van der Waals surface area (Å²) in [6, 6.07) is 38.3. The Morgan fingerprint density at radius 3 is 1.55 bits per heavy atom. The van der Waals surface area contributed by atoms with E-state index in [1.165, 1.54) is 0 Å². The van der Waals surface area contributed by atoms with E-state index in [0.29, 0.717) is 18.7 Å². The van der Waals surface area contributed by atoms with Crippen molar-refractivity contribution in [2.45, 2.75) is 5.54 Å². The van der Waals surface area contributed by atoms with Gasteiger partial charge in [-0.1, -0.05) is 96.9 Å². The van der Waals surface area contributed by atoms with Crippen molar-refractivity contribution in [3.8, 4) is 12.3 Å². The Balaban J connectivity index is 1.59. The lowest BCUT2D eigenvalue weighted by molar-refractivity contribution is 0.0953. The second-order valence-electron chi connectivity index (χ2n) is 7.75. The van der Waals surface area contributed by atoms with Crippen LogP contribution in [0.1, 0.15) is 32.6 Å². The summed E-state index contributed by atoms with van der Waals surface area (Å²) in [7, 11) is 0. The second-order valence-corrected chi connectivity index (χ2v) is 7.75. The first-order valence-electron chi connectivity index (χ1n) is 11.0. The molecule has 4 aromatic rings. The van der Waals surface area contributed by atoms with E-state index in [-0.39, 0.29) is 5.91 Å². The van der Waals surface area contributed by atoms with Crippen LogP contribution in [0.4, 0.5) is 0 Å². The average Bonchev–Trinajstić information content (AvgIpc) is 2.90. The summed E-state index contributed by atoms with van der Waals surface area (Å²) >= 11 is 0. The Bertz CT molecular complexity index is 1110. The zero-order valence-electron chi connectivity index (χ0n) is 18.4. The van der Waals surface area contributed by atoms with E-state index in [1.54, 1.807) is 24.3 Å². The number of carbonyl (C=O) groups is 1. The summed E-state index contributed by atoms with van der Waals surface area (Å²) in [6.07, 6.45) is 5.40. The molecule has 0 aliphatic heterocycles. The Hall–Kier alpha value is -4.13. The van der Waals surface area contributed by atoms with Crippen molar-refractivity contribution < 1.29 is 4.79 Å². The minimum absolute atomic E-state index is 0.120. The van der Waals surface area contributed by atoms with Crippen molar-refractivity contribution >= 4 is 5.91 Å². The Morgan fingerprint density at radius 1 is 0.667 bits per heavy atom. The summed E-state index contributed by atoms with van der Waals surface area (Å²) in [5, 5.41) is 6.78. The zero-order valence-corrected chi connectivity index (χ0v) is 18.4. The SMILES string of the molecule is C#Cc1ccc(C(=O)NCCNC(c2ccccc2)(c2ccccc2)c2ccccc2)cc1. The van der Waals surface area contributed by atoms with Crippen molar-refractivity contribution in [3.63, 3.8) is 0 Å². The molecule has 0 heterocycles. The summed E-state index contributed by atoms with van der Waals surface area (Å²) in [4.78, 5) is 12.6. The highest BCUT2D eigenvalue weighted by Gasteiger charge is 2.35. The van der Waals surface area contributed by atoms with Gasteiger partial charge in [-0.25, -0.2) is 0 Å². The maximum absolute atomic E-state index is 12.6. The van der Waals surface area contributed by atoms with Gasteiger partial charge in [0.2, 0.25) is 0 Å². The number of rotatable bonds is 8. The molecule has 0 saturated carbocycles. The van der Waals surface area contributed by atoms with Gasteiger partial charge in [-0.15, -0.1) is 6.42 Å². The fourth-order valence-corrected chi connectivity index (χ4v) is 4.12. The Kier molecular flexibility index (Phi) is 6.99. The quantitative estimate of drug-likeness (QED) is 0.235. The van der Waals surface area contributed by atoms with Crippen molar-refractivity contribution in [1.29, 1.82) is 0 Å². The molecule has 0 fully saturated rings. The van der Waals surface area contributed by atoms with Crippen LogP contribution >= 0.6 is 0 Å². The van der Waals surface area contributed by atoms with Gasteiger partial charge in [-0.3, -0.25) is 10.1 Å². The molecule has 162 valence electrons. The molecule has 0 radical (unpaired) electrons. The van der Waals surface area contributed by atoms with Crippen LogP contribution in [0, 0.1) is 12.3 Å². The smallest absolute Gasteiger partial charge is 0.251 e. The van der Waals surface area contributed by atoms with E-state index >= 15 is 0 Å². The van der Waals surface area contributed by atoms with E-state index in [1.807, 2.05) is 18.2 Å². The first-order valence-corrected chi connectivity index (χ1v) is 11.0. The van der Waals surface area contributed by atoms with Gasteiger partial charge in [0.15, 0.2) is 0 Å². The molecule has 4 aromatic carbocycles.